The SMILES string of the molecule is CCOCCCC1CCc2cc([C@H]3CC[C@](N)(CO)C3)ccc2C1. The molecule has 0 aliphatic heterocycles. The summed E-state index contributed by atoms with van der Waals surface area (Å²) in [6.45, 7) is 3.91. The Bertz CT molecular complexity index is 545. The minimum atomic E-state index is -0.355. The van der Waals surface area contributed by atoms with Crippen molar-refractivity contribution in [1.82, 2.24) is 0 Å². The molecule has 24 heavy (non-hydrogen) atoms. The molecule has 3 atom stereocenters. The van der Waals surface area contributed by atoms with E-state index in [2.05, 4.69) is 25.1 Å². The van der Waals surface area contributed by atoms with Crippen LogP contribution in [0.1, 0.15) is 68.1 Å². The van der Waals surface area contributed by atoms with Gasteiger partial charge in [0.1, 0.15) is 0 Å². The number of fused-ring (bicyclic) bond motifs is 1. The number of nitrogens with two attached hydrogens (primary N) is 1. The van der Waals surface area contributed by atoms with Gasteiger partial charge in [-0.05, 0) is 86.8 Å². The summed E-state index contributed by atoms with van der Waals surface area (Å²) in [5.74, 6) is 1.35. The van der Waals surface area contributed by atoms with E-state index in [1.807, 2.05) is 0 Å². The number of benzene rings is 1. The molecule has 0 aromatic heterocycles. The van der Waals surface area contributed by atoms with E-state index in [0.717, 1.165) is 38.4 Å². The molecule has 2 aliphatic rings. The summed E-state index contributed by atoms with van der Waals surface area (Å²) in [6, 6.07) is 7.10. The Balaban J connectivity index is 1.58. The third-order valence-electron chi connectivity index (χ3n) is 6.10. The maximum absolute atomic E-state index is 9.48. The summed E-state index contributed by atoms with van der Waals surface area (Å²) < 4.78 is 5.46. The third-order valence-corrected chi connectivity index (χ3v) is 6.10. The van der Waals surface area contributed by atoms with Gasteiger partial charge in [0.05, 0.1) is 6.61 Å². The molecule has 0 spiro atoms. The van der Waals surface area contributed by atoms with Gasteiger partial charge in [0.15, 0.2) is 0 Å². The van der Waals surface area contributed by atoms with Crippen molar-refractivity contribution in [3.05, 3.63) is 34.9 Å². The molecule has 3 nitrogen and oxygen atoms in total. The second-order valence-electron chi connectivity index (χ2n) is 7.94. The fourth-order valence-electron chi connectivity index (χ4n) is 4.55. The molecule has 1 saturated carbocycles. The van der Waals surface area contributed by atoms with Gasteiger partial charge in [0, 0.05) is 18.8 Å². The number of rotatable bonds is 7. The number of aliphatic hydroxyl groups is 1. The lowest BCUT2D eigenvalue weighted by Crippen LogP contribution is -2.40. The maximum atomic E-state index is 9.48. The summed E-state index contributed by atoms with van der Waals surface area (Å²) in [5, 5.41) is 9.48. The molecular weight excluding hydrogens is 298 g/mol. The van der Waals surface area contributed by atoms with Crippen LogP contribution in [-0.4, -0.2) is 30.5 Å². The van der Waals surface area contributed by atoms with Gasteiger partial charge in [-0.2, -0.15) is 0 Å². The lowest BCUT2D eigenvalue weighted by atomic mass is 9.80. The van der Waals surface area contributed by atoms with Gasteiger partial charge in [-0.15, -0.1) is 0 Å². The van der Waals surface area contributed by atoms with Gasteiger partial charge in [0.25, 0.3) is 0 Å². The Morgan fingerprint density at radius 3 is 2.92 bits per heavy atom. The van der Waals surface area contributed by atoms with Crippen molar-refractivity contribution in [2.75, 3.05) is 19.8 Å². The van der Waals surface area contributed by atoms with Gasteiger partial charge in [-0.1, -0.05) is 18.2 Å². The number of aryl methyl sites for hydroxylation is 1. The van der Waals surface area contributed by atoms with Gasteiger partial charge >= 0.3 is 0 Å². The first-order valence-electron chi connectivity index (χ1n) is 9.73. The van der Waals surface area contributed by atoms with E-state index in [4.69, 9.17) is 10.5 Å². The molecule has 1 unspecified atom stereocenters. The number of hydrogen-bond acceptors (Lipinski definition) is 3. The largest absolute Gasteiger partial charge is 0.394 e. The maximum Gasteiger partial charge on any atom is 0.0611 e. The van der Waals surface area contributed by atoms with Crippen molar-refractivity contribution in [2.45, 2.75) is 69.7 Å². The van der Waals surface area contributed by atoms with E-state index < -0.39 is 0 Å². The van der Waals surface area contributed by atoms with Crippen molar-refractivity contribution in [3.63, 3.8) is 0 Å². The van der Waals surface area contributed by atoms with Crippen molar-refractivity contribution in [3.8, 4) is 0 Å². The Kier molecular flexibility index (Phi) is 5.96. The summed E-state index contributed by atoms with van der Waals surface area (Å²) in [7, 11) is 0. The molecular formula is C21H33NO2. The molecule has 0 bridgehead atoms. The fourth-order valence-corrected chi connectivity index (χ4v) is 4.55. The normalized spacial score (nSPS) is 29.6. The Morgan fingerprint density at radius 2 is 2.17 bits per heavy atom. The van der Waals surface area contributed by atoms with E-state index in [-0.39, 0.29) is 12.1 Å². The first-order chi connectivity index (χ1) is 11.6. The predicted molar refractivity (Wildman–Crippen MR) is 98.3 cm³/mol. The second-order valence-corrected chi connectivity index (χ2v) is 7.94. The van der Waals surface area contributed by atoms with Crippen LogP contribution in [0.5, 0.6) is 0 Å². The minimum absolute atomic E-state index is 0.109. The van der Waals surface area contributed by atoms with Crippen LogP contribution in [0.15, 0.2) is 18.2 Å². The van der Waals surface area contributed by atoms with Gasteiger partial charge in [-0.25, -0.2) is 0 Å². The molecule has 2 aliphatic carbocycles. The molecule has 3 rings (SSSR count). The molecule has 1 fully saturated rings. The summed E-state index contributed by atoms with van der Waals surface area (Å²) in [6.07, 6.45) is 9.19. The smallest absolute Gasteiger partial charge is 0.0611 e. The molecule has 0 saturated heterocycles. The first kappa shape index (κ1) is 17.9. The van der Waals surface area contributed by atoms with E-state index in [1.165, 1.54) is 37.7 Å². The van der Waals surface area contributed by atoms with Crippen LogP contribution in [0, 0.1) is 5.92 Å². The molecule has 3 N–H and O–H groups in total. The summed E-state index contributed by atoms with van der Waals surface area (Å²) in [4.78, 5) is 0. The van der Waals surface area contributed by atoms with E-state index in [0.29, 0.717) is 5.92 Å². The zero-order valence-corrected chi connectivity index (χ0v) is 15.1. The topological polar surface area (TPSA) is 55.5 Å². The Morgan fingerprint density at radius 1 is 1.29 bits per heavy atom. The van der Waals surface area contributed by atoms with Crippen LogP contribution >= 0.6 is 0 Å². The van der Waals surface area contributed by atoms with Crippen LogP contribution in [0.2, 0.25) is 0 Å². The van der Waals surface area contributed by atoms with Gasteiger partial charge in [-0.3, -0.25) is 0 Å². The zero-order valence-electron chi connectivity index (χ0n) is 15.1. The van der Waals surface area contributed by atoms with Crippen molar-refractivity contribution < 1.29 is 9.84 Å². The number of aliphatic hydroxyl groups excluding tert-OH is 1. The molecule has 3 heteroatoms. The standard InChI is InChI=1S/C21H33NO2/c1-2-24-11-3-4-16-5-6-18-13-19(8-7-17(18)12-16)20-9-10-21(22,14-20)15-23/h7-8,13,16,20,23H,2-6,9-12,14-15,22H2,1H3/t16?,20-,21+/m0/s1. The quantitative estimate of drug-likeness (QED) is 0.751. The monoisotopic (exact) mass is 331 g/mol. The van der Waals surface area contributed by atoms with Crippen LogP contribution in [0.25, 0.3) is 0 Å². The van der Waals surface area contributed by atoms with E-state index in [9.17, 15) is 5.11 Å². The second kappa shape index (κ2) is 7.99. The van der Waals surface area contributed by atoms with Crippen LogP contribution in [-0.2, 0) is 17.6 Å². The van der Waals surface area contributed by atoms with Crippen molar-refractivity contribution >= 4 is 0 Å². The number of ether oxygens (including phenoxy) is 1. The highest BCUT2D eigenvalue weighted by Crippen LogP contribution is 2.40. The third kappa shape index (κ3) is 4.19. The van der Waals surface area contributed by atoms with Gasteiger partial charge < -0.3 is 15.6 Å². The molecule has 0 heterocycles. The van der Waals surface area contributed by atoms with E-state index >= 15 is 0 Å². The molecule has 1 aromatic carbocycles. The van der Waals surface area contributed by atoms with Crippen LogP contribution < -0.4 is 5.73 Å². The first-order valence-corrected chi connectivity index (χ1v) is 9.73. The van der Waals surface area contributed by atoms with Crippen molar-refractivity contribution in [2.24, 2.45) is 11.7 Å². The highest BCUT2D eigenvalue weighted by atomic mass is 16.5. The molecule has 0 radical (unpaired) electrons. The summed E-state index contributed by atoms with van der Waals surface area (Å²) in [5.41, 5.74) is 10.4. The lowest BCUT2D eigenvalue weighted by Gasteiger charge is -2.26. The number of hydrogen-bond donors (Lipinski definition) is 2. The molecule has 1 aromatic rings. The average Bonchev–Trinajstić information content (AvgIpc) is 3.01. The molecule has 134 valence electrons. The lowest BCUT2D eigenvalue weighted by molar-refractivity contribution is 0.138. The summed E-state index contributed by atoms with van der Waals surface area (Å²) >= 11 is 0. The van der Waals surface area contributed by atoms with Crippen LogP contribution in [0.3, 0.4) is 0 Å². The average molecular weight is 332 g/mol. The predicted octanol–water partition coefficient (Wildman–Crippen LogP) is 3.57. The zero-order chi connectivity index (χ0) is 17.0. The van der Waals surface area contributed by atoms with Crippen LogP contribution in [0.4, 0.5) is 0 Å². The Hall–Kier alpha value is -0.900. The fraction of sp³-hybridized carbons (Fsp3) is 0.714. The minimum Gasteiger partial charge on any atom is -0.394 e. The highest BCUT2D eigenvalue weighted by Gasteiger charge is 2.36. The van der Waals surface area contributed by atoms with Gasteiger partial charge in [0.2, 0.25) is 0 Å². The highest BCUT2D eigenvalue weighted by molar-refractivity contribution is 5.36. The van der Waals surface area contributed by atoms with Crippen molar-refractivity contribution in [1.29, 1.82) is 0 Å². The van der Waals surface area contributed by atoms with E-state index in [1.54, 1.807) is 11.1 Å². The Labute approximate surface area is 146 Å². The molecule has 0 amide bonds.